The third-order valence-electron chi connectivity index (χ3n) is 2.18. The Morgan fingerprint density at radius 2 is 2.07 bits per heavy atom. The highest BCUT2D eigenvalue weighted by molar-refractivity contribution is 5.77. The zero-order valence-electron chi connectivity index (χ0n) is 8.55. The van der Waals surface area contributed by atoms with Crippen molar-refractivity contribution in [2.45, 2.75) is 13.3 Å². The molecule has 0 saturated heterocycles. The van der Waals surface area contributed by atoms with E-state index >= 15 is 0 Å². The van der Waals surface area contributed by atoms with Gasteiger partial charge in [-0.1, -0.05) is 18.2 Å². The Labute approximate surface area is 88.4 Å². The van der Waals surface area contributed by atoms with Crippen LogP contribution in [-0.4, -0.2) is 15.3 Å². The summed E-state index contributed by atoms with van der Waals surface area (Å²) in [6.07, 6.45) is 3.89. The SMILES string of the molecule is CC(=O)Cc1cncn1-c1ccccc1. The number of rotatable bonds is 3. The lowest BCUT2D eigenvalue weighted by molar-refractivity contribution is -0.116. The van der Waals surface area contributed by atoms with Crippen LogP contribution in [0.15, 0.2) is 42.9 Å². The van der Waals surface area contributed by atoms with E-state index in [4.69, 9.17) is 0 Å². The van der Waals surface area contributed by atoms with Crippen molar-refractivity contribution in [1.29, 1.82) is 0 Å². The minimum absolute atomic E-state index is 0.146. The summed E-state index contributed by atoms with van der Waals surface area (Å²) in [4.78, 5) is 15.1. The molecule has 76 valence electrons. The normalized spacial score (nSPS) is 10.2. The van der Waals surface area contributed by atoms with E-state index in [9.17, 15) is 4.79 Å². The first-order valence-corrected chi connectivity index (χ1v) is 4.83. The van der Waals surface area contributed by atoms with Crippen molar-refractivity contribution >= 4 is 5.78 Å². The Kier molecular flexibility index (Phi) is 2.63. The molecule has 3 nitrogen and oxygen atoms in total. The Morgan fingerprint density at radius 3 is 2.73 bits per heavy atom. The zero-order valence-corrected chi connectivity index (χ0v) is 8.55. The number of nitrogens with zero attached hydrogens (tertiary/aromatic N) is 2. The van der Waals surface area contributed by atoms with Crippen molar-refractivity contribution in [2.24, 2.45) is 0 Å². The standard InChI is InChI=1S/C12H12N2O/c1-10(15)7-12-8-13-9-14(12)11-5-3-2-4-6-11/h2-6,8-9H,7H2,1H3. The summed E-state index contributed by atoms with van der Waals surface area (Å²) in [6.45, 7) is 1.59. The van der Waals surface area contributed by atoms with Gasteiger partial charge in [-0.25, -0.2) is 4.98 Å². The van der Waals surface area contributed by atoms with Gasteiger partial charge in [-0.3, -0.25) is 4.79 Å². The Morgan fingerprint density at radius 1 is 1.33 bits per heavy atom. The van der Waals surface area contributed by atoms with Crippen LogP contribution >= 0.6 is 0 Å². The van der Waals surface area contributed by atoms with E-state index in [-0.39, 0.29) is 5.78 Å². The van der Waals surface area contributed by atoms with E-state index in [1.165, 1.54) is 0 Å². The molecule has 0 radical (unpaired) electrons. The summed E-state index contributed by atoms with van der Waals surface area (Å²) in [7, 11) is 0. The minimum atomic E-state index is 0.146. The highest BCUT2D eigenvalue weighted by atomic mass is 16.1. The third kappa shape index (κ3) is 2.13. The van der Waals surface area contributed by atoms with Gasteiger partial charge in [-0.05, 0) is 19.1 Å². The van der Waals surface area contributed by atoms with Crippen LogP contribution < -0.4 is 0 Å². The van der Waals surface area contributed by atoms with E-state index in [2.05, 4.69) is 4.98 Å². The molecular weight excluding hydrogens is 188 g/mol. The zero-order chi connectivity index (χ0) is 10.7. The Bertz CT molecular complexity index is 459. The van der Waals surface area contributed by atoms with Crippen molar-refractivity contribution in [3.05, 3.63) is 48.5 Å². The van der Waals surface area contributed by atoms with Gasteiger partial charge in [0.25, 0.3) is 0 Å². The molecule has 1 aromatic carbocycles. The lowest BCUT2D eigenvalue weighted by atomic mass is 10.2. The largest absolute Gasteiger partial charge is 0.303 e. The highest BCUT2D eigenvalue weighted by Gasteiger charge is 2.05. The number of ketones is 1. The number of imidazole rings is 1. The van der Waals surface area contributed by atoms with Crippen LogP contribution in [0.25, 0.3) is 5.69 Å². The van der Waals surface area contributed by atoms with E-state index in [0.29, 0.717) is 6.42 Å². The van der Waals surface area contributed by atoms with E-state index < -0.39 is 0 Å². The van der Waals surface area contributed by atoms with E-state index in [1.54, 1.807) is 19.4 Å². The van der Waals surface area contributed by atoms with Crippen molar-refractivity contribution < 1.29 is 4.79 Å². The molecule has 2 aromatic rings. The summed E-state index contributed by atoms with van der Waals surface area (Å²) in [6, 6.07) is 9.88. The number of benzene rings is 1. The average molecular weight is 200 g/mol. The monoisotopic (exact) mass is 200 g/mol. The number of carbonyl (C=O) groups is 1. The molecule has 0 amide bonds. The second-order valence-corrected chi connectivity index (χ2v) is 3.47. The second kappa shape index (κ2) is 4.09. The molecule has 0 fully saturated rings. The summed E-state index contributed by atoms with van der Waals surface area (Å²) < 4.78 is 1.93. The van der Waals surface area contributed by atoms with Crippen LogP contribution in [0, 0.1) is 0 Å². The molecule has 0 saturated carbocycles. The van der Waals surface area contributed by atoms with Crippen LogP contribution in [0.5, 0.6) is 0 Å². The van der Waals surface area contributed by atoms with Crippen LogP contribution in [0.3, 0.4) is 0 Å². The molecule has 0 aliphatic carbocycles. The fourth-order valence-corrected chi connectivity index (χ4v) is 1.53. The van der Waals surface area contributed by atoms with Gasteiger partial charge in [0.1, 0.15) is 5.78 Å². The van der Waals surface area contributed by atoms with Gasteiger partial charge in [-0.15, -0.1) is 0 Å². The number of hydrogen-bond donors (Lipinski definition) is 0. The molecule has 0 bridgehead atoms. The molecule has 1 heterocycles. The van der Waals surface area contributed by atoms with Crippen LogP contribution in [0.1, 0.15) is 12.6 Å². The number of Topliss-reactive ketones (excluding diaryl/α,β-unsaturated/α-hetero) is 1. The van der Waals surface area contributed by atoms with E-state index in [1.807, 2.05) is 34.9 Å². The predicted molar refractivity (Wildman–Crippen MR) is 57.9 cm³/mol. The number of carbonyl (C=O) groups excluding carboxylic acids is 1. The van der Waals surface area contributed by atoms with E-state index in [0.717, 1.165) is 11.4 Å². The van der Waals surface area contributed by atoms with Gasteiger partial charge in [0, 0.05) is 24.0 Å². The minimum Gasteiger partial charge on any atom is -0.303 e. The first-order valence-electron chi connectivity index (χ1n) is 4.83. The molecule has 2 rings (SSSR count). The lowest BCUT2D eigenvalue weighted by Crippen LogP contribution is -2.03. The number of aromatic nitrogens is 2. The molecule has 1 aromatic heterocycles. The van der Waals surface area contributed by atoms with Gasteiger partial charge in [0.15, 0.2) is 0 Å². The summed E-state index contributed by atoms with van der Waals surface area (Å²) in [5, 5.41) is 0. The molecule has 0 N–H and O–H groups in total. The lowest BCUT2D eigenvalue weighted by Gasteiger charge is -2.05. The summed E-state index contributed by atoms with van der Waals surface area (Å²) in [5.74, 6) is 0.146. The average Bonchev–Trinajstić information content (AvgIpc) is 2.66. The fourth-order valence-electron chi connectivity index (χ4n) is 1.53. The molecule has 15 heavy (non-hydrogen) atoms. The maximum Gasteiger partial charge on any atom is 0.135 e. The molecule has 0 unspecified atom stereocenters. The topological polar surface area (TPSA) is 34.9 Å². The predicted octanol–water partition coefficient (Wildman–Crippen LogP) is 2.00. The van der Waals surface area contributed by atoms with Gasteiger partial charge < -0.3 is 4.57 Å². The maximum absolute atomic E-state index is 11.1. The van der Waals surface area contributed by atoms with Crippen LogP contribution in [-0.2, 0) is 11.2 Å². The van der Waals surface area contributed by atoms with Crippen molar-refractivity contribution in [3.63, 3.8) is 0 Å². The van der Waals surface area contributed by atoms with Crippen molar-refractivity contribution in [1.82, 2.24) is 9.55 Å². The van der Waals surface area contributed by atoms with Crippen LogP contribution in [0.4, 0.5) is 0 Å². The molecule has 0 aliphatic heterocycles. The first-order chi connectivity index (χ1) is 7.27. The number of para-hydroxylation sites is 1. The summed E-state index contributed by atoms with van der Waals surface area (Å²) in [5.41, 5.74) is 1.96. The van der Waals surface area contributed by atoms with Gasteiger partial charge >= 0.3 is 0 Å². The quantitative estimate of drug-likeness (QED) is 0.759. The molecular formula is C12H12N2O. The van der Waals surface area contributed by atoms with Crippen molar-refractivity contribution in [3.8, 4) is 5.69 Å². The van der Waals surface area contributed by atoms with Gasteiger partial charge in [0.2, 0.25) is 0 Å². The molecule has 0 spiro atoms. The molecule has 3 heteroatoms. The smallest absolute Gasteiger partial charge is 0.135 e. The highest BCUT2D eigenvalue weighted by Crippen LogP contribution is 2.11. The summed E-state index contributed by atoms with van der Waals surface area (Å²) >= 11 is 0. The van der Waals surface area contributed by atoms with Gasteiger partial charge in [0.05, 0.1) is 6.33 Å². The fraction of sp³-hybridized carbons (Fsp3) is 0.167. The Balaban J connectivity index is 2.37. The molecule has 0 aliphatic rings. The number of hydrogen-bond acceptors (Lipinski definition) is 2. The van der Waals surface area contributed by atoms with Crippen LogP contribution in [0.2, 0.25) is 0 Å². The second-order valence-electron chi connectivity index (χ2n) is 3.47. The first kappa shape index (κ1) is 9.65. The third-order valence-corrected chi connectivity index (χ3v) is 2.18. The van der Waals surface area contributed by atoms with Gasteiger partial charge in [-0.2, -0.15) is 0 Å². The van der Waals surface area contributed by atoms with Crippen molar-refractivity contribution in [2.75, 3.05) is 0 Å². The Hall–Kier alpha value is -1.90. The maximum atomic E-state index is 11.1. The molecule has 0 atom stereocenters.